The van der Waals surface area contributed by atoms with Gasteiger partial charge in [-0.15, -0.1) is 0 Å². The molecule has 0 spiro atoms. The molecule has 0 unspecified atom stereocenters. The smallest absolute Gasteiger partial charge is 0.225 e. The molecule has 0 radical (unpaired) electrons. The number of aromatic nitrogens is 4. The molecule has 1 fully saturated rings. The summed E-state index contributed by atoms with van der Waals surface area (Å²) in [5, 5.41) is 7.56. The van der Waals surface area contributed by atoms with E-state index in [2.05, 4.69) is 57.1 Å². The van der Waals surface area contributed by atoms with Gasteiger partial charge in [0.15, 0.2) is 0 Å². The van der Waals surface area contributed by atoms with Crippen LogP contribution < -0.4 is 9.64 Å². The fourth-order valence-electron chi connectivity index (χ4n) is 3.36. The van der Waals surface area contributed by atoms with Crippen molar-refractivity contribution in [1.29, 1.82) is 0 Å². The van der Waals surface area contributed by atoms with Crippen LogP contribution in [-0.2, 0) is 11.2 Å². The Labute approximate surface area is 171 Å². The number of ether oxygens (including phenoxy) is 2. The highest BCUT2D eigenvalue weighted by atomic mass is 16.5. The Bertz CT molecular complexity index is 895. The molecule has 1 aliphatic heterocycles. The van der Waals surface area contributed by atoms with Crippen molar-refractivity contribution in [3.63, 3.8) is 0 Å². The van der Waals surface area contributed by atoms with Crippen LogP contribution in [0, 0.1) is 0 Å². The van der Waals surface area contributed by atoms with Gasteiger partial charge in [-0.25, -0.2) is 9.97 Å². The summed E-state index contributed by atoms with van der Waals surface area (Å²) in [4.78, 5) is 10.8. The highest BCUT2D eigenvalue weighted by Gasteiger charge is 2.25. The number of H-pyrrole nitrogens is 1. The van der Waals surface area contributed by atoms with Gasteiger partial charge in [0.1, 0.15) is 11.9 Å². The third-order valence-electron chi connectivity index (χ3n) is 5.07. The lowest BCUT2D eigenvalue weighted by atomic mass is 10.0. The van der Waals surface area contributed by atoms with Crippen molar-refractivity contribution in [2.45, 2.75) is 32.3 Å². The van der Waals surface area contributed by atoms with E-state index >= 15 is 0 Å². The molecule has 7 heteroatoms. The van der Waals surface area contributed by atoms with Crippen molar-refractivity contribution in [1.82, 2.24) is 20.2 Å². The first kappa shape index (κ1) is 19.4. The van der Waals surface area contributed by atoms with E-state index in [1.165, 1.54) is 5.56 Å². The molecule has 0 aliphatic carbocycles. The van der Waals surface area contributed by atoms with Crippen molar-refractivity contribution in [3.8, 4) is 5.75 Å². The average molecular weight is 393 g/mol. The maximum Gasteiger partial charge on any atom is 0.225 e. The van der Waals surface area contributed by atoms with Crippen LogP contribution in [0.1, 0.15) is 42.8 Å². The SMILES string of the molecule is CC(C)c1ccc(OCCc2cc([C@@H]3CN(c4ncccn4)CCO3)n[nH]2)cc1. The molecule has 2 aromatic heterocycles. The van der Waals surface area contributed by atoms with Crippen molar-refractivity contribution in [3.05, 3.63) is 65.7 Å². The van der Waals surface area contributed by atoms with Gasteiger partial charge >= 0.3 is 0 Å². The molecule has 0 saturated carbocycles. The molecule has 29 heavy (non-hydrogen) atoms. The van der Waals surface area contributed by atoms with Gasteiger partial charge in [-0.2, -0.15) is 5.10 Å². The van der Waals surface area contributed by atoms with Crippen molar-refractivity contribution >= 4 is 5.95 Å². The molecule has 1 N–H and O–H groups in total. The third-order valence-corrected chi connectivity index (χ3v) is 5.07. The Balaban J connectivity index is 1.30. The van der Waals surface area contributed by atoms with E-state index < -0.39 is 0 Å². The zero-order valence-electron chi connectivity index (χ0n) is 16.9. The van der Waals surface area contributed by atoms with Crippen molar-refractivity contribution < 1.29 is 9.47 Å². The number of nitrogens with one attached hydrogen (secondary N) is 1. The summed E-state index contributed by atoms with van der Waals surface area (Å²) >= 11 is 0. The highest BCUT2D eigenvalue weighted by Crippen LogP contribution is 2.23. The minimum Gasteiger partial charge on any atom is -0.493 e. The zero-order chi connectivity index (χ0) is 20.1. The predicted molar refractivity (Wildman–Crippen MR) is 111 cm³/mol. The van der Waals surface area contributed by atoms with E-state index in [0.717, 1.165) is 36.1 Å². The monoisotopic (exact) mass is 393 g/mol. The number of morpholine rings is 1. The van der Waals surface area contributed by atoms with Crippen LogP contribution in [-0.4, -0.2) is 46.5 Å². The molecular formula is C22H27N5O2. The molecule has 1 aliphatic rings. The van der Waals surface area contributed by atoms with Crippen LogP contribution >= 0.6 is 0 Å². The first-order valence-electron chi connectivity index (χ1n) is 10.1. The van der Waals surface area contributed by atoms with Crippen LogP contribution in [0.15, 0.2) is 48.8 Å². The average Bonchev–Trinajstić information content (AvgIpc) is 3.24. The normalized spacial score (nSPS) is 16.9. The lowest BCUT2D eigenvalue weighted by molar-refractivity contribution is 0.0364. The van der Waals surface area contributed by atoms with Gasteiger partial charge < -0.3 is 14.4 Å². The number of nitrogens with zero attached hydrogens (tertiary/aromatic N) is 4. The van der Waals surface area contributed by atoms with Gasteiger partial charge in [0.2, 0.25) is 5.95 Å². The summed E-state index contributed by atoms with van der Waals surface area (Å²) < 4.78 is 11.8. The Morgan fingerprint density at radius 3 is 2.76 bits per heavy atom. The lowest BCUT2D eigenvalue weighted by Gasteiger charge is -2.31. The second-order valence-electron chi connectivity index (χ2n) is 7.49. The van der Waals surface area contributed by atoms with Crippen molar-refractivity contribution in [2.75, 3.05) is 31.2 Å². The van der Waals surface area contributed by atoms with E-state index in [0.29, 0.717) is 25.7 Å². The molecule has 1 saturated heterocycles. The van der Waals surface area contributed by atoms with Gasteiger partial charge in [-0.1, -0.05) is 26.0 Å². The molecule has 3 aromatic rings. The summed E-state index contributed by atoms with van der Waals surface area (Å²) in [6.45, 7) is 7.06. The summed E-state index contributed by atoms with van der Waals surface area (Å²) in [5.41, 5.74) is 3.26. The fraction of sp³-hybridized carbons (Fsp3) is 0.409. The second kappa shape index (κ2) is 9.05. The molecule has 3 heterocycles. The number of benzene rings is 1. The third kappa shape index (κ3) is 4.92. The van der Waals surface area contributed by atoms with Gasteiger partial charge in [-0.05, 0) is 35.7 Å². The second-order valence-corrected chi connectivity index (χ2v) is 7.49. The minimum absolute atomic E-state index is 0.0953. The summed E-state index contributed by atoms with van der Waals surface area (Å²) in [7, 11) is 0. The molecular weight excluding hydrogens is 366 g/mol. The molecule has 152 valence electrons. The number of hydrogen-bond acceptors (Lipinski definition) is 6. The highest BCUT2D eigenvalue weighted by molar-refractivity contribution is 5.31. The molecule has 1 aromatic carbocycles. The number of anilines is 1. The summed E-state index contributed by atoms with van der Waals surface area (Å²) in [6, 6.07) is 12.2. The number of rotatable bonds is 7. The molecule has 0 amide bonds. The molecule has 1 atom stereocenters. The summed E-state index contributed by atoms with van der Waals surface area (Å²) in [5.74, 6) is 2.15. The van der Waals surface area contributed by atoms with Crippen molar-refractivity contribution in [2.24, 2.45) is 0 Å². The van der Waals surface area contributed by atoms with Gasteiger partial charge in [0.05, 0.1) is 25.5 Å². The fourth-order valence-corrected chi connectivity index (χ4v) is 3.36. The Morgan fingerprint density at radius 2 is 2.00 bits per heavy atom. The van der Waals surface area contributed by atoms with Crippen LogP contribution in [0.2, 0.25) is 0 Å². The standard InChI is InChI=1S/C22H27N5O2/c1-16(2)17-4-6-19(7-5-17)28-12-8-18-14-20(26-25-18)21-15-27(11-13-29-21)22-23-9-3-10-24-22/h3-7,9-10,14,16,21H,8,11-13,15H2,1-2H3,(H,25,26)/t21-/m0/s1. The van der Waals surface area contributed by atoms with E-state index in [1.54, 1.807) is 12.4 Å². The minimum atomic E-state index is -0.0953. The van der Waals surface area contributed by atoms with E-state index in [4.69, 9.17) is 9.47 Å². The number of aromatic amines is 1. The maximum absolute atomic E-state index is 5.92. The van der Waals surface area contributed by atoms with E-state index in [1.807, 2.05) is 18.2 Å². The first-order chi connectivity index (χ1) is 14.2. The molecule has 0 bridgehead atoms. The summed E-state index contributed by atoms with van der Waals surface area (Å²) in [6.07, 6.45) is 4.19. The quantitative estimate of drug-likeness (QED) is 0.662. The lowest BCUT2D eigenvalue weighted by Crippen LogP contribution is -2.39. The van der Waals surface area contributed by atoms with Gasteiger partial charge in [-0.3, -0.25) is 5.10 Å². The van der Waals surface area contributed by atoms with Crippen LogP contribution in [0.5, 0.6) is 5.75 Å². The largest absolute Gasteiger partial charge is 0.493 e. The maximum atomic E-state index is 5.92. The van der Waals surface area contributed by atoms with Crippen LogP contribution in [0.3, 0.4) is 0 Å². The Hall–Kier alpha value is -2.93. The van der Waals surface area contributed by atoms with Gasteiger partial charge in [0, 0.05) is 31.1 Å². The first-order valence-corrected chi connectivity index (χ1v) is 10.1. The van der Waals surface area contributed by atoms with Crippen LogP contribution in [0.4, 0.5) is 5.95 Å². The van der Waals surface area contributed by atoms with E-state index in [-0.39, 0.29) is 6.10 Å². The predicted octanol–water partition coefficient (Wildman–Crippen LogP) is 3.52. The molecule has 7 nitrogen and oxygen atoms in total. The van der Waals surface area contributed by atoms with Crippen LogP contribution in [0.25, 0.3) is 0 Å². The van der Waals surface area contributed by atoms with Gasteiger partial charge in [0.25, 0.3) is 0 Å². The molecule has 4 rings (SSSR count). The topological polar surface area (TPSA) is 76.2 Å². The Morgan fingerprint density at radius 1 is 1.21 bits per heavy atom. The number of hydrogen-bond donors (Lipinski definition) is 1. The zero-order valence-corrected chi connectivity index (χ0v) is 16.9. The Kier molecular flexibility index (Phi) is 6.05. The van der Waals surface area contributed by atoms with E-state index in [9.17, 15) is 0 Å².